The molecule has 0 radical (unpaired) electrons. The third kappa shape index (κ3) is 4.20. The smallest absolute Gasteiger partial charge is 0.165 e. The number of pyridine rings is 2. The number of hydrogen-bond acceptors (Lipinski definition) is 4. The minimum Gasteiger partial charge on any atom is -0.507 e. The molecular weight excluding hydrogens is 492 g/mol. The highest BCUT2D eigenvalue weighted by Crippen LogP contribution is 2.37. The highest BCUT2D eigenvalue weighted by atomic mass is 16.3. The molecule has 190 valence electrons. The summed E-state index contributed by atoms with van der Waals surface area (Å²) in [5, 5.41) is 10.7. The molecule has 5 nitrogen and oxygen atoms in total. The Morgan fingerprint density at radius 2 is 1.27 bits per heavy atom. The maximum atomic E-state index is 10.7. The van der Waals surface area contributed by atoms with Crippen LogP contribution in [-0.4, -0.2) is 24.6 Å². The van der Waals surface area contributed by atoms with Crippen molar-refractivity contribution in [2.24, 2.45) is 0 Å². The monoisotopic (exact) mass is 516 g/mol. The second-order valence-electron chi connectivity index (χ2n) is 9.53. The van der Waals surface area contributed by atoms with Gasteiger partial charge in [0.15, 0.2) is 11.5 Å². The largest absolute Gasteiger partial charge is 0.507 e. The van der Waals surface area contributed by atoms with Gasteiger partial charge in [0.2, 0.25) is 0 Å². The Morgan fingerprint density at radius 1 is 0.550 bits per heavy atom. The van der Waals surface area contributed by atoms with Crippen molar-refractivity contribution in [3.63, 3.8) is 0 Å². The number of rotatable bonds is 5. The molecule has 5 heteroatoms. The second kappa shape index (κ2) is 9.97. The Hall–Kier alpha value is -5.55. The molecule has 3 aromatic heterocycles. The summed E-state index contributed by atoms with van der Waals surface area (Å²) in [5.74, 6) is 0.803. The number of benzene rings is 4. The van der Waals surface area contributed by atoms with Crippen LogP contribution in [0.15, 0.2) is 140 Å². The van der Waals surface area contributed by atoms with Crippen molar-refractivity contribution in [2.75, 3.05) is 0 Å². The molecule has 0 unspecified atom stereocenters. The molecule has 0 saturated carbocycles. The summed E-state index contributed by atoms with van der Waals surface area (Å²) in [6.45, 7) is 0. The molecule has 0 aliphatic heterocycles. The fraction of sp³-hybridized carbons (Fsp3) is 0. The van der Waals surface area contributed by atoms with Gasteiger partial charge in [0.05, 0.1) is 11.3 Å². The van der Waals surface area contributed by atoms with E-state index in [0.717, 1.165) is 50.4 Å². The number of para-hydroxylation sites is 2. The van der Waals surface area contributed by atoms with Gasteiger partial charge < -0.3 is 5.11 Å². The third-order valence-electron chi connectivity index (χ3n) is 7.05. The Balaban J connectivity index is 1.36. The number of aromatic hydroxyl groups is 1. The van der Waals surface area contributed by atoms with Crippen molar-refractivity contribution in [3.8, 4) is 56.3 Å². The van der Waals surface area contributed by atoms with Crippen molar-refractivity contribution < 1.29 is 5.11 Å². The van der Waals surface area contributed by atoms with Gasteiger partial charge in [-0.05, 0) is 53.6 Å². The van der Waals surface area contributed by atoms with Crippen LogP contribution in [0, 0.1) is 0 Å². The molecule has 3 heterocycles. The van der Waals surface area contributed by atoms with Crippen molar-refractivity contribution in [1.82, 2.24) is 19.5 Å². The molecule has 0 aliphatic carbocycles. The van der Waals surface area contributed by atoms with Crippen molar-refractivity contribution in [2.45, 2.75) is 0 Å². The van der Waals surface area contributed by atoms with E-state index in [4.69, 9.17) is 15.0 Å². The molecule has 4 aromatic carbocycles. The zero-order valence-electron chi connectivity index (χ0n) is 21.5. The summed E-state index contributed by atoms with van der Waals surface area (Å²) in [6, 6.07) is 42.0. The van der Waals surface area contributed by atoms with Gasteiger partial charge in [0, 0.05) is 34.8 Å². The van der Waals surface area contributed by atoms with Gasteiger partial charge in [-0.15, -0.1) is 0 Å². The number of phenolic OH excluding ortho intramolecular Hbond substituents is 1. The van der Waals surface area contributed by atoms with E-state index < -0.39 is 0 Å². The second-order valence-corrected chi connectivity index (χ2v) is 9.53. The van der Waals surface area contributed by atoms with Gasteiger partial charge in [0.1, 0.15) is 11.3 Å². The highest BCUT2D eigenvalue weighted by Gasteiger charge is 2.20. The summed E-state index contributed by atoms with van der Waals surface area (Å²) >= 11 is 0. The van der Waals surface area contributed by atoms with Crippen LogP contribution in [0.25, 0.3) is 61.8 Å². The van der Waals surface area contributed by atoms with Crippen LogP contribution in [0.1, 0.15) is 0 Å². The topological polar surface area (TPSA) is 63.8 Å². The van der Waals surface area contributed by atoms with Crippen LogP contribution in [0.5, 0.6) is 5.75 Å². The van der Waals surface area contributed by atoms with E-state index in [0.29, 0.717) is 11.4 Å². The minimum absolute atomic E-state index is 0.170. The van der Waals surface area contributed by atoms with Crippen LogP contribution in [0.2, 0.25) is 0 Å². The van der Waals surface area contributed by atoms with Crippen LogP contribution in [0.4, 0.5) is 0 Å². The van der Waals surface area contributed by atoms with Gasteiger partial charge >= 0.3 is 0 Å². The van der Waals surface area contributed by atoms with Crippen LogP contribution in [0.3, 0.4) is 0 Å². The fourth-order valence-corrected chi connectivity index (χ4v) is 5.08. The molecule has 7 aromatic rings. The molecule has 0 bridgehead atoms. The molecule has 1 N–H and O–H groups in total. The lowest BCUT2D eigenvalue weighted by atomic mass is 10.0. The van der Waals surface area contributed by atoms with E-state index in [-0.39, 0.29) is 5.75 Å². The highest BCUT2D eigenvalue weighted by molar-refractivity contribution is 5.94. The maximum absolute atomic E-state index is 10.7. The Morgan fingerprint density at radius 3 is 2.05 bits per heavy atom. The number of nitrogens with zero attached hydrogens (tertiary/aromatic N) is 4. The molecule has 0 atom stereocenters. The Labute approximate surface area is 231 Å². The van der Waals surface area contributed by atoms with Crippen molar-refractivity contribution in [1.29, 1.82) is 0 Å². The normalized spacial score (nSPS) is 11.1. The average molecular weight is 517 g/mol. The summed E-state index contributed by atoms with van der Waals surface area (Å²) in [5.41, 5.74) is 9.16. The van der Waals surface area contributed by atoms with E-state index in [1.807, 2.05) is 95.8 Å². The number of imidazole rings is 1. The maximum Gasteiger partial charge on any atom is 0.165 e. The molecule has 0 saturated heterocycles. The Bertz CT molecular complexity index is 1950. The van der Waals surface area contributed by atoms with E-state index in [2.05, 4.69) is 42.5 Å². The third-order valence-corrected chi connectivity index (χ3v) is 7.05. The first-order valence-electron chi connectivity index (χ1n) is 13.1. The molecule has 0 spiro atoms. The van der Waals surface area contributed by atoms with Gasteiger partial charge in [-0.2, -0.15) is 0 Å². The van der Waals surface area contributed by atoms with Crippen molar-refractivity contribution >= 4 is 11.2 Å². The fourth-order valence-electron chi connectivity index (χ4n) is 5.08. The van der Waals surface area contributed by atoms with E-state index in [1.165, 1.54) is 0 Å². The van der Waals surface area contributed by atoms with Crippen LogP contribution in [-0.2, 0) is 0 Å². The van der Waals surface area contributed by atoms with Crippen LogP contribution >= 0.6 is 0 Å². The first kappa shape index (κ1) is 23.6. The lowest BCUT2D eigenvalue weighted by molar-refractivity contribution is 0.477. The zero-order chi connectivity index (χ0) is 26.9. The molecule has 0 amide bonds. The van der Waals surface area contributed by atoms with E-state index >= 15 is 0 Å². The zero-order valence-corrected chi connectivity index (χ0v) is 21.5. The van der Waals surface area contributed by atoms with Gasteiger partial charge in [-0.1, -0.05) is 84.9 Å². The van der Waals surface area contributed by atoms with Gasteiger partial charge in [0.25, 0.3) is 0 Å². The number of phenols is 1. The quantitative estimate of drug-likeness (QED) is 0.250. The SMILES string of the molecule is Oc1ccccc1-c1nc2c(-c3cccc(-c4ccc(-c5ccccc5)cn4)c3)ccnc2n1-c1ccccc1. The average Bonchev–Trinajstić information content (AvgIpc) is 3.42. The summed E-state index contributed by atoms with van der Waals surface area (Å²) in [6.07, 6.45) is 3.73. The molecule has 7 rings (SSSR count). The van der Waals surface area contributed by atoms with Gasteiger partial charge in [-0.3, -0.25) is 9.55 Å². The molecule has 0 aliphatic rings. The Kier molecular flexibility index (Phi) is 5.87. The van der Waals surface area contributed by atoms with Gasteiger partial charge in [-0.25, -0.2) is 9.97 Å². The lowest BCUT2D eigenvalue weighted by Gasteiger charge is -2.10. The molecule has 40 heavy (non-hydrogen) atoms. The lowest BCUT2D eigenvalue weighted by Crippen LogP contribution is -1.98. The summed E-state index contributed by atoms with van der Waals surface area (Å²) < 4.78 is 2.00. The standard InChI is InChI=1S/C35H24N4O/c40-32-17-8-7-16-30(32)34-38-33-29(20-21-36-35(33)39(34)28-14-5-2-6-15-28)25-12-9-13-26(22-25)31-19-18-27(23-37-31)24-10-3-1-4-11-24/h1-23,40H. The van der Waals surface area contributed by atoms with Crippen LogP contribution < -0.4 is 0 Å². The number of fused-ring (bicyclic) bond motifs is 1. The molecular formula is C35H24N4O. The summed E-state index contributed by atoms with van der Waals surface area (Å²) in [7, 11) is 0. The summed E-state index contributed by atoms with van der Waals surface area (Å²) in [4.78, 5) is 14.6. The predicted molar refractivity (Wildman–Crippen MR) is 160 cm³/mol. The minimum atomic E-state index is 0.170. The number of hydrogen-bond donors (Lipinski definition) is 1. The first-order valence-corrected chi connectivity index (χ1v) is 13.1. The predicted octanol–water partition coefficient (Wildman–Crippen LogP) is 8.19. The van der Waals surface area contributed by atoms with E-state index in [9.17, 15) is 5.11 Å². The van der Waals surface area contributed by atoms with Crippen molar-refractivity contribution in [3.05, 3.63) is 140 Å². The molecule has 0 fully saturated rings. The first-order chi connectivity index (χ1) is 19.8. The number of aromatic nitrogens is 4. The van der Waals surface area contributed by atoms with E-state index in [1.54, 1.807) is 6.07 Å².